The Hall–Kier alpha value is -0.590. The van der Waals surface area contributed by atoms with Gasteiger partial charge >= 0.3 is 0 Å². The van der Waals surface area contributed by atoms with Gasteiger partial charge in [-0.15, -0.1) is 0 Å². The van der Waals surface area contributed by atoms with Gasteiger partial charge < -0.3 is 10.6 Å². The number of hydrogen-bond acceptors (Lipinski definition) is 2. The normalized spacial score (nSPS) is 12.8. The maximum Gasteiger partial charge on any atom is 0.144 e. The van der Waals surface area contributed by atoms with E-state index in [4.69, 9.17) is 18.0 Å². The Morgan fingerprint density at radius 3 is 2.67 bits per heavy atom. The average molecular weight is 337 g/mol. The number of benzene rings is 1. The minimum absolute atomic E-state index is 0.00303. The number of halogens is 3. The molecule has 0 amide bonds. The zero-order valence-electron chi connectivity index (χ0n) is 10.2. The van der Waals surface area contributed by atoms with Crippen molar-refractivity contribution in [3.63, 3.8) is 0 Å². The van der Waals surface area contributed by atoms with Crippen molar-refractivity contribution in [2.24, 2.45) is 11.7 Å². The summed E-state index contributed by atoms with van der Waals surface area (Å²) in [6, 6.07) is 2.60. The van der Waals surface area contributed by atoms with E-state index in [2.05, 4.69) is 15.9 Å². The topological polar surface area (TPSA) is 29.3 Å². The summed E-state index contributed by atoms with van der Waals surface area (Å²) >= 11 is 7.91. The van der Waals surface area contributed by atoms with Gasteiger partial charge in [-0.25, -0.2) is 8.78 Å². The predicted octanol–water partition coefficient (Wildman–Crippen LogP) is 3.08. The zero-order chi connectivity index (χ0) is 13.9. The van der Waals surface area contributed by atoms with E-state index in [-0.39, 0.29) is 22.5 Å². The van der Waals surface area contributed by atoms with Crippen LogP contribution in [0.2, 0.25) is 0 Å². The smallest absolute Gasteiger partial charge is 0.144 e. The van der Waals surface area contributed by atoms with Crippen molar-refractivity contribution in [2.75, 3.05) is 13.6 Å². The van der Waals surface area contributed by atoms with Gasteiger partial charge in [0.15, 0.2) is 0 Å². The van der Waals surface area contributed by atoms with Crippen molar-refractivity contribution in [1.82, 2.24) is 4.90 Å². The Labute approximate surface area is 119 Å². The van der Waals surface area contributed by atoms with Crippen molar-refractivity contribution in [1.29, 1.82) is 0 Å². The summed E-state index contributed by atoms with van der Waals surface area (Å²) in [6.45, 7) is 2.61. The van der Waals surface area contributed by atoms with Gasteiger partial charge in [-0.05, 0) is 35.1 Å². The molecule has 1 aromatic carbocycles. The molecule has 6 heteroatoms. The molecule has 1 aromatic rings. The van der Waals surface area contributed by atoms with Crippen LogP contribution in [0.4, 0.5) is 8.78 Å². The highest BCUT2D eigenvalue weighted by atomic mass is 79.9. The van der Waals surface area contributed by atoms with Gasteiger partial charge in [-0.2, -0.15) is 0 Å². The van der Waals surface area contributed by atoms with Crippen molar-refractivity contribution < 1.29 is 8.78 Å². The molecule has 0 heterocycles. The van der Waals surface area contributed by atoms with Crippen LogP contribution in [0.25, 0.3) is 0 Å². The first-order chi connectivity index (χ1) is 8.32. The molecule has 0 aliphatic carbocycles. The van der Waals surface area contributed by atoms with Crippen LogP contribution in [0, 0.1) is 17.6 Å². The number of rotatable bonds is 5. The summed E-state index contributed by atoms with van der Waals surface area (Å²) in [4.78, 5) is 2.19. The molecule has 0 aromatic heterocycles. The van der Waals surface area contributed by atoms with Crippen molar-refractivity contribution in [3.8, 4) is 0 Å². The number of nitrogens with zero attached hydrogens (tertiary/aromatic N) is 1. The fraction of sp³-hybridized carbons (Fsp3) is 0.417. The predicted molar refractivity (Wildman–Crippen MR) is 76.3 cm³/mol. The first-order valence-corrected chi connectivity index (χ1v) is 6.63. The lowest BCUT2D eigenvalue weighted by molar-refractivity contribution is 0.297. The van der Waals surface area contributed by atoms with Crippen LogP contribution in [0.5, 0.6) is 0 Å². The molecule has 0 saturated heterocycles. The van der Waals surface area contributed by atoms with Crippen LogP contribution in [0.15, 0.2) is 16.6 Å². The largest absolute Gasteiger partial charge is 0.393 e. The van der Waals surface area contributed by atoms with Crippen molar-refractivity contribution >= 4 is 33.1 Å². The molecule has 18 heavy (non-hydrogen) atoms. The fourth-order valence-corrected chi connectivity index (χ4v) is 2.05. The third-order valence-corrected chi connectivity index (χ3v) is 3.65. The molecule has 0 aliphatic rings. The van der Waals surface area contributed by atoms with Crippen LogP contribution in [0.1, 0.15) is 12.5 Å². The van der Waals surface area contributed by atoms with Gasteiger partial charge in [0.1, 0.15) is 11.6 Å². The molecule has 0 radical (unpaired) electrons. The van der Waals surface area contributed by atoms with Gasteiger partial charge in [0.05, 0.1) is 9.46 Å². The lowest BCUT2D eigenvalue weighted by atomic mass is 10.1. The monoisotopic (exact) mass is 336 g/mol. The van der Waals surface area contributed by atoms with E-state index in [1.165, 1.54) is 12.1 Å². The van der Waals surface area contributed by atoms with E-state index in [9.17, 15) is 8.78 Å². The molecule has 0 aliphatic heterocycles. The second-order valence-corrected chi connectivity index (χ2v) is 5.65. The Bertz CT molecular complexity index is 454. The van der Waals surface area contributed by atoms with Crippen LogP contribution >= 0.6 is 28.1 Å². The van der Waals surface area contributed by atoms with Gasteiger partial charge in [0.25, 0.3) is 0 Å². The van der Waals surface area contributed by atoms with Crippen LogP contribution in [0.3, 0.4) is 0 Å². The molecule has 0 fully saturated rings. The number of nitrogens with two attached hydrogens (primary N) is 1. The van der Waals surface area contributed by atoms with Crippen LogP contribution in [-0.2, 0) is 6.54 Å². The van der Waals surface area contributed by atoms with Gasteiger partial charge in [0, 0.05) is 24.6 Å². The molecule has 0 saturated carbocycles. The third-order valence-electron chi connectivity index (χ3n) is 2.64. The summed E-state index contributed by atoms with van der Waals surface area (Å²) in [5.41, 5.74) is 5.55. The molecule has 100 valence electrons. The molecule has 1 atom stereocenters. The van der Waals surface area contributed by atoms with Gasteiger partial charge in [-0.1, -0.05) is 19.1 Å². The Morgan fingerprint density at radius 1 is 1.50 bits per heavy atom. The molecule has 2 N–H and O–H groups in total. The number of hydrogen-bond donors (Lipinski definition) is 1. The maximum atomic E-state index is 13.8. The van der Waals surface area contributed by atoms with E-state index in [1.807, 2.05) is 6.92 Å². The SMILES string of the molecule is CC(CN(C)Cc1c(F)ccc(Br)c1F)C(N)=S. The van der Waals surface area contributed by atoms with E-state index in [0.29, 0.717) is 11.5 Å². The zero-order valence-corrected chi connectivity index (χ0v) is 12.6. The molecular formula is C12H15BrF2N2S. The third kappa shape index (κ3) is 3.96. The molecule has 0 bridgehead atoms. The second-order valence-electron chi connectivity index (χ2n) is 4.32. The van der Waals surface area contributed by atoms with Crippen LogP contribution in [-0.4, -0.2) is 23.5 Å². The summed E-state index contributed by atoms with van der Waals surface area (Å²) in [6.07, 6.45) is 0. The lowest BCUT2D eigenvalue weighted by Gasteiger charge is -2.21. The average Bonchev–Trinajstić information content (AvgIpc) is 2.29. The quantitative estimate of drug-likeness (QED) is 0.661. The van der Waals surface area contributed by atoms with Gasteiger partial charge in [0.2, 0.25) is 0 Å². The summed E-state index contributed by atoms with van der Waals surface area (Å²) in [5, 5.41) is 0. The Morgan fingerprint density at radius 2 is 2.11 bits per heavy atom. The summed E-state index contributed by atoms with van der Waals surface area (Å²) in [5.74, 6) is -1.11. The fourth-order valence-electron chi connectivity index (χ4n) is 1.61. The molecule has 2 nitrogen and oxygen atoms in total. The number of thiocarbonyl (C=S) groups is 1. The van der Waals surface area contributed by atoms with E-state index in [0.717, 1.165) is 0 Å². The summed E-state index contributed by atoms with van der Waals surface area (Å²) in [7, 11) is 1.77. The maximum absolute atomic E-state index is 13.8. The van der Waals surface area contributed by atoms with E-state index < -0.39 is 11.6 Å². The van der Waals surface area contributed by atoms with Crippen molar-refractivity contribution in [2.45, 2.75) is 13.5 Å². The minimum Gasteiger partial charge on any atom is -0.393 e. The van der Waals surface area contributed by atoms with E-state index >= 15 is 0 Å². The Balaban J connectivity index is 2.79. The highest BCUT2D eigenvalue weighted by Gasteiger charge is 2.16. The minimum atomic E-state index is -0.565. The van der Waals surface area contributed by atoms with Gasteiger partial charge in [-0.3, -0.25) is 0 Å². The second kappa shape index (κ2) is 6.54. The molecule has 1 rings (SSSR count). The summed E-state index contributed by atoms with van der Waals surface area (Å²) < 4.78 is 27.6. The molecule has 1 unspecified atom stereocenters. The first-order valence-electron chi connectivity index (χ1n) is 5.43. The highest BCUT2D eigenvalue weighted by Crippen LogP contribution is 2.22. The van der Waals surface area contributed by atoms with E-state index in [1.54, 1.807) is 11.9 Å². The lowest BCUT2D eigenvalue weighted by Crippen LogP contribution is -2.31. The first kappa shape index (κ1) is 15.5. The van der Waals surface area contributed by atoms with Crippen molar-refractivity contribution in [3.05, 3.63) is 33.8 Å². The van der Waals surface area contributed by atoms with Crippen LogP contribution < -0.4 is 5.73 Å². The standard InChI is InChI=1S/C12H15BrF2N2S/c1-7(12(16)18)5-17(2)6-8-10(14)4-3-9(13)11(8)15/h3-4,7H,5-6H2,1-2H3,(H2,16,18). The molecular weight excluding hydrogens is 322 g/mol. The Kier molecular flexibility index (Phi) is 5.62. The highest BCUT2D eigenvalue weighted by molar-refractivity contribution is 9.10. The molecule has 0 spiro atoms.